The van der Waals surface area contributed by atoms with Gasteiger partial charge in [0.15, 0.2) is 0 Å². The highest BCUT2D eigenvalue weighted by molar-refractivity contribution is 5.76. The van der Waals surface area contributed by atoms with Gasteiger partial charge in [0.05, 0.1) is 0 Å². The molecule has 1 rings (SSSR count). The molecular formula is C18H36N2O. The number of amides is 1. The van der Waals surface area contributed by atoms with Gasteiger partial charge >= 0.3 is 0 Å². The SMILES string of the molecule is CCC1CCCN(C(=O)CCC(CCN)C(C)(C)C)CC1. The summed E-state index contributed by atoms with van der Waals surface area (Å²) in [6, 6.07) is 0. The summed E-state index contributed by atoms with van der Waals surface area (Å²) in [7, 11) is 0. The van der Waals surface area contributed by atoms with Crippen LogP contribution in [-0.4, -0.2) is 30.4 Å². The van der Waals surface area contributed by atoms with Gasteiger partial charge in [-0.25, -0.2) is 0 Å². The lowest BCUT2D eigenvalue weighted by molar-refractivity contribution is -0.131. The van der Waals surface area contributed by atoms with Gasteiger partial charge in [-0.15, -0.1) is 0 Å². The first-order valence-corrected chi connectivity index (χ1v) is 8.86. The minimum Gasteiger partial charge on any atom is -0.343 e. The van der Waals surface area contributed by atoms with Crippen LogP contribution in [0.2, 0.25) is 0 Å². The van der Waals surface area contributed by atoms with Crippen molar-refractivity contribution in [3.63, 3.8) is 0 Å². The molecule has 1 aliphatic rings. The molecule has 0 aromatic heterocycles. The maximum Gasteiger partial charge on any atom is 0.222 e. The van der Waals surface area contributed by atoms with E-state index in [2.05, 4.69) is 32.6 Å². The summed E-state index contributed by atoms with van der Waals surface area (Å²) in [5, 5.41) is 0. The van der Waals surface area contributed by atoms with Gasteiger partial charge in [0.25, 0.3) is 0 Å². The molecule has 0 aromatic rings. The van der Waals surface area contributed by atoms with E-state index in [0.717, 1.165) is 38.4 Å². The van der Waals surface area contributed by atoms with Crippen molar-refractivity contribution in [2.75, 3.05) is 19.6 Å². The molecule has 2 unspecified atom stereocenters. The number of carbonyl (C=O) groups excluding carboxylic acids is 1. The van der Waals surface area contributed by atoms with E-state index < -0.39 is 0 Å². The third kappa shape index (κ3) is 6.37. The van der Waals surface area contributed by atoms with Gasteiger partial charge in [-0.1, -0.05) is 34.1 Å². The zero-order chi connectivity index (χ0) is 15.9. The smallest absolute Gasteiger partial charge is 0.222 e. The molecule has 0 aliphatic carbocycles. The summed E-state index contributed by atoms with van der Waals surface area (Å²) >= 11 is 0. The fourth-order valence-corrected chi connectivity index (χ4v) is 3.49. The first-order valence-electron chi connectivity index (χ1n) is 8.86. The van der Waals surface area contributed by atoms with Crippen LogP contribution >= 0.6 is 0 Å². The summed E-state index contributed by atoms with van der Waals surface area (Å²) in [4.78, 5) is 14.6. The summed E-state index contributed by atoms with van der Waals surface area (Å²) < 4.78 is 0. The standard InChI is InChI=1S/C18H36N2O/c1-5-15-7-6-13-20(14-11-15)17(21)9-8-16(10-12-19)18(2,3)4/h15-16H,5-14,19H2,1-4H3. The number of hydrogen-bond acceptors (Lipinski definition) is 2. The Morgan fingerprint density at radius 1 is 1.24 bits per heavy atom. The lowest BCUT2D eigenvalue weighted by Crippen LogP contribution is -2.33. The van der Waals surface area contributed by atoms with Crippen molar-refractivity contribution < 1.29 is 4.79 Å². The predicted molar refractivity (Wildman–Crippen MR) is 90.1 cm³/mol. The van der Waals surface area contributed by atoms with Gasteiger partial charge in [-0.05, 0) is 55.9 Å². The molecule has 2 atom stereocenters. The van der Waals surface area contributed by atoms with Gasteiger partial charge < -0.3 is 10.6 Å². The minimum absolute atomic E-state index is 0.242. The van der Waals surface area contributed by atoms with Crippen LogP contribution in [0, 0.1) is 17.3 Å². The summed E-state index contributed by atoms with van der Waals surface area (Å²) in [5.74, 6) is 1.72. The molecule has 0 spiro atoms. The highest BCUT2D eigenvalue weighted by Gasteiger charge is 2.26. The molecule has 124 valence electrons. The third-order valence-corrected chi connectivity index (χ3v) is 5.22. The van der Waals surface area contributed by atoms with E-state index >= 15 is 0 Å². The summed E-state index contributed by atoms with van der Waals surface area (Å²) in [6.07, 6.45) is 7.60. The Morgan fingerprint density at radius 3 is 2.52 bits per heavy atom. The van der Waals surface area contributed by atoms with E-state index in [4.69, 9.17) is 5.73 Å². The van der Waals surface area contributed by atoms with Gasteiger partial charge in [-0.3, -0.25) is 4.79 Å². The van der Waals surface area contributed by atoms with Crippen LogP contribution in [0.5, 0.6) is 0 Å². The molecule has 1 amide bonds. The number of nitrogens with two attached hydrogens (primary N) is 1. The van der Waals surface area contributed by atoms with E-state index in [1.54, 1.807) is 0 Å². The van der Waals surface area contributed by atoms with E-state index in [1.165, 1.54) is 25.7 Å². The van der Waals surface area contributed by atoms with Crippen LogP contribution < -0.4 is 5.73 Å². The quantitative estimate of drug-likeness (QED) is 0.810. The molecule has 1 heterocycles. The number of nitrogens with zero attached hydrogens (tertiary/aromatic N) is 1. The van der Waals surface area contributed by atoms with Gasteiger partial charge in [0.2, 0.25) is 5.91 Å². The van der Waals surface area contributed by atoms with Gasteiger partial charge in [-0.2, -0.15) is 0 Å². The Labute approximate surface area is 131 Å². The Balaban J connectivity index is 2.45. The van der Waals surface area contributed by atoms with Crippen LogP contribution in [0.4, 0.5) is 0 Å². The molecule has 3 heteroatoms. The largest absolute Gasteiger partial charge is 0.343 e. The fourth-order valence-electron chi connectivity index (χ4n) is 3.49. The summed E-state index contributed by atoms with van der Waals surface area (Å²) in [6.45, 7) is 11.7. The maximum atomic E-state index is 12.5. The lowest BCUT2D eigenvalue weighted by atomic mass is 9.76. The van der Waals surface area contributed by atoms with Crippen LogP contribution in [-0.2, 0) is 4.79 Å². The number of rotatable bonds is 6. The summed E-state index contributed by atoms with van der Waals surface area (Å²) in [5.41, 5.74) is 5.97. The monoisotopic (exact) mass is 296 g/mol. The second kappa shape index (κ2) is 8.77. The molecule has 1 saturated heterocycles. The van der Waals surface area contributed by atoms with Crippen molar-refractivity contribution >= 4 is 5.91 Å². The van der Waals surface area contributed by atoms with E-state index in [1.807, 2.05) is 0 Å². The second-order valence-electron chi connectivity index (χ2n) is 7.76. The van der Waals surface area contributed by atoms with Crippen molar-refractivity contribution in [3.05, 3.63) is 0 Å². The molecule has 1 aliphatic heterocycles. The van der Waals surface area contributed by atoms with E-state index in [-0.39, 0.29) is 5.41 Å². The van der Waals surface area contributed by atoms with Crippen LogP contribution in [0.3, 0.4) is 0 Å². The normalized spacial score (nSPS) is 22.0. The molecule has 0 radical (unpaired) electrons. The molecule has 0 bridgehead atoms. The average Bonchev–Trinajstić information content (AvgIpc) is 2.67. The molecule has 0 saturated carbocycles. The Kier molecular flexibility index (Phi) is 7.72. The Bertz CT molecular complexity index is 309. The zero-order valence-corrected chi connectivity index (χ0v) is 14.7. The van der Waals surface area contributed by atoms with Crippen LogP contribution in [0.25, 0.3) is 0 Å². The lowest BCUT2D eigenvalue weighted by Gasteiger charge is -2.31. The highest BCUT2D eigenvalue weighted by atomic mass is 16.2. The molecular weight excluding hydrogens is 260 g/mol. The van der Waals surface area contributed by atoms with Crippen LogP contribution in [0.15, 0.2) is 0 Å². The number of likely N-dealkylation sites (tertiary alicyclic amines) is 1. The van der Waals surface area contributed by atoms with Crippen LogP contribution in [0.1, 0.15) is 72.6 Å². The Morgan fingerprint density at radius 2 is 1.95 bits per heavy atom. The number of carbonyl (C=O) groups is 1. The number of hydrogen-bond donors (Lipinski definition) is 1. The first kappa shape index (κ1) is 18.5. The topological polar surface area (TPSA) is 46.3 Å². The molecule has 2 N–H and O–H groups in total. The van der Waals surface area contributed by atoms with Gasteiger partial charge in [0.1, 0.15) is 0 Å². The first-order chi connectivity index (χ1) is 9.88. The van der Waals surface area contributed by atoms with Crippen molar-refractivity contribution in [1.82, 2.24) is 4.90 Å². The van der Waals surface area contributed by atoms with Crippen molar-refractivity contribution in [1.29, 1.82) is 0 Å². The predicted octanol–water partition coefficient (Wildman–Crippen LogP) is 3.82. The third-order valence-electron chi connectivity index (χ3n) is 5.22. The van der Waals surface area contributed by atoms with Gasteiger partial charge in [0, 0.05) is 19.5 Å². The fraction of sp³-hybridized carbons (Fsp3) is 0.944. The molecule has 1 fully saturated rings. The van der Waals surface area contributed by atoms with Crippen molar-refractivity contribution in [3.8, 4) is 0 Å². The van der Waals surface area contributed by atoms with E-state index in [9.17, 15) is 4.79 Å². The minimum atomic E-state index is 0.242. The molecule has 21 heavy (non-hydrogen) atoms. The van der Waals surface area contributed by atoms with Crippen molar-refractivity contribution in [2.45, 2.75) is 72.6 Å². The maximum absolute atomic E-state index is 12.5. The molecule has 0 aromatic carbocycles. The second-order valence-corrected chi connectivity index (χ2v) is 7.76. The van der Waals surface area contributed by atoms with E-state index in [0.29, 0.717) is 18.2 Å². The Hall–Kier alpha value is -0.570. The average molecular weight is 296 g/mol. The highest BCUT2D eigenvalue weighted by Crippen LogP contribution is 2.32. The van der Waals surface area contributed by atoms with Crippen molar-refractivity contribution in [2.24, 2.45) is 23.0 Å². The molecule has 3 nitrogen and oxygen atoms in total. The zero-order valence-electron chi connectivity index (χ0n) is 14.7.